The number of aromatic nitrogens is 2. The van der Waals surface area contributed by atoms with Gasteiger partial charge in [-0.3, -0.25) is 9.78 Å². The summed E-state index contributed by atoms with van der Waals surface area (Å²) in [6.07, 6.45) is 8.30. The molecule has 9 heteroatoms. The minimum Gasteiger partial charge on any atom is -0.354 e. The van der Waals surface area contributed by atoms with E-state index in [2.05, 4.69) is 32.6 Å². The Morgan fingerprint density at radius 2 is 1.83 bits per heavy atom. The van der Waals surface area contributed by atoms with Gasteiger partial charge in [0.25, 0.3) is 10.0 Å². The number of anilines is 1. The third kappa shape index (κ3) is 4.04. The molecule has 0 bridgehead atoms. The van der Waals surface area contributed by atoms with Gasteiger partial charge in [0, 0.05) is 49.5 Å². The maximum absolute atomic E-state index is 13.7. The van der Waals surface area contributed by atoms with Crippen molar-refractivity contribution >= 4 is 32.7 Å². The number of hydrogen-bond acceptors (Lipinski definition) is 7. The van der Waals surface area contributed by atoms with Crippen molar-refractivity contribution in [1.82, 2.24) is 19.6 Å². The van der Waals surface area contributed by atoms with E-state index in [4.69, 9.17) is 4.98 Å². The van der Waals surface area contributed by atoms with E-state index in [0.29, 0.717) is 29.7 Å². The third-order valence-electron chi connectivity index (χ3n) is 8.09. The maximum atomic E-state index is 13.7. The highest BCUT2D eigenvalue weighted by atomic mass is 32.2. The normalized spacial score (nSPS) is 20.2. The average molecular weight is 506 g/mol. The molecule has 0 spiro atoms. The Hall–Kier alpha value is -3.04. The molecule has 1 N–H and O–H groups in total. The Bertz CT molecular complexity index is 1420. The number of likely N-dealkylation sites (N-methyl/N-ethyl adjacent to an activating group) is 1. The third-order valence-corrected chi connectivity index (χ3v) is 9.48. The number of amides is 1. The Kier molecular flexibility index (Phi) is 5.72. The van der Waals surface area contributed by atoms with Gasteiger partial charge < -0.3 is 9.80 Å². The van der Waals surface area contributed by atoms with Crippen LogP contribution in [0.25, 0.3) is 10.9 Å². The minimum absolute atomic E-state index is 0.0675. The molecule has 0 atom stereocenters. The molecule has 3 heterocycles. The number of hydrogen-bond donors (Lipinski definition) is 1. The van der Waals surface area contributed by atoms with Crippen LogP contribution in [0.3, 0.4) is 0 Å². The monoisotopic (exact) mass is 505 g/mol. The summed E-state index contributed by atoms with van der Waals surface area (Å²) in [7, 11) is -1.98. The number of pyridine rings is 2. The van der Waals surface area contributed by atoms with E-state index in [1.807, 2.05) is 6.20 Å². The second-order valence-corrected chi connectivity index (χ2v) is 12.1. The molecule has 36 heavy (non-hydrogen) atoms. The van der Waals surface area contributed by atoms with Crippen LogP contribution in [0, 0.1) is 0 Å². The second-order valence-electron chi connectivity index (χ2n) is 10.4. The van der Waals surface area contributed by atoms with Crippen LogP contribution in [0.15, 0.2) is 53.7 Å². The number of piperazine rings is 1. The van der Waals surface area contributed by atoms with Crippen LogP contribution in [-0.2, 0) is 20.2 Å². The number of sulfonamides is 1. The molecule has 3 fully saturated rings. The zero-order valence-corrected chi connectivity index (χ0v) is 21.3. The van der Waals surface area contributed by atoms with Crippen LogP contribution in [0.1, 0.15) is 49.1 Å². The quantitative estimate of drug-likeness (QED) is 0.550. The minimum atomic E-state index is -4.08. The van der Waals surface area contributed by atoms with Gasteiger partial charge >= 0.3 is 0 Å². The van der Waals surface area contributed by atoms with E-state index in [1.54, 1.807) is 30.5 Å². The summed E-state index contributed by atoms with van der Waals surface area (Å²) in [6, 6.07) is 10.5. The van der Waals surface area contributed by atoms with E-state index in [-0.39, 0.29) is 4.90 Å². The highest BCUT2D eigenvalue weighted by Gasteiger charge is 2.54. The Balaban J connectivity index is 1.35. The lowest BCUT2D eigenvalue weighted by molar-refractivity contribution is -0.121. The molecule has 1 amide bonds. The standard InChI is InChI=1S/C27H31N5O3S/c1-31-13-15-32(16-14-31)25-22(17-20(18-29-25)19-5-2-6-19)27(10-11-27)26(33)30-36(34,35)24-9-3-8-23-21(24)7-4-12-28-23/h3-4,7-9,12,17-19H,2,5-6,10-11,13-16H2,1H3,(H,30,33). The van der Waals surface area contributed by atoms with Gasteiger partial charge in [0.05, 0.1) is 15.8 Å². The van der Waals surface area contributed by atoms with E-state index >= 15 is 0 Å². The zero-order chi connectivity index (χ0) is 24.9. The summed E-state index contributed by atoms with van der Waals surface area (Å²) in [4.78, 5) is 27.5. The van der Waals surface area contributed by atoms with Crippen molar-refractivity contribution < 1.29 is 13.2 Å². The van der Waals surface area contributed by atoms with Gasteiger partial charge in [0.1, 0.15) is 5.82 Å². The van der Waals surface area contributed by atoms with Gasteiger partial charge in [0.15, 0.2) is 0 Å². The van der Waals surface area contributed by atoms with Gasteiger partial charge in [-0.1, -0.05) is 12.5 Å². The molecule has 8 nitrogen and oxygen atoms in total. The summed E-state index contributed by atoms with van der Waals surface area (Å²) in [5.41, 5.74) is 1.74. The molecule has 3 aromatic rings. The maximum Gasteiger partial charge on any atom is 0.264 e. The lowest BCUT2D eigenvalue weighted by Gasteiger charge is -2.36. The average Bonchev–Trinajstić information content (AvgIpc) is 3.65. The molecular formula is C27H31N5O3S. The van der Waals surface area contributed by atoms with Crippen LogP contribution in [-0.4, -0.2) is 62.4 Å². The van der Waals surface area contributed by atoms with Crippen LogP contribution >= 0.6 is 0 Å². The SMILES string of the molecule is CN1CCN(c2ncc(C3CCC3)cc2C2(C(=O)NS(=O)(=O)c3cccc4ncccc34)CC2)CC1. The first-order chi connectivity index (χ1) is 17.4. The smallest absolute Gasteiger partial charge is 0.264 e. The molecule has 3 aliphatic rings. The number of rotatable bonds is 6. The van der Waals surface area contributed by atoms with Crippen molar-refractivity contribution in [2.75, 3.05) is 38.1 Å². The summed E-state index contributed by atoms with van der Waals surface area (Å²) in [6.45, 7) is 3.51. The molecular weight excluding hydrogens is 474 g/mol. The molecule has 1 saturated heterocycles. The van der Waals surface area contributed by atoms with Crippen LogP contribution < -0.4 is 9.62 Å². The van der Waals surface area contributed by atoms with Gasteiger partial charge in [-0.05, 0) is 74.5 Å². The Morgan fingerprint density at radius 3 is 2.53 bits per heavy atom. The van der Waals surface area contributed by atoms with Crippen molar-refractivity contribution in [1.29, 1.82) is 0 Å². The Morgan fingerprint density at radius 1 is 1.06 bits per heavy atom. The fourth-order valence-electron chi connectivity index (χ4n) is 5.39. The fraction of sp³-hybridized carbons (Fsp3) is 0.444. The molecule has 1 aliphatic heterocycles. The van der Waals surface area contributed by atoms with E-state index in [0.717, 1.165) is 56.0 Å². The zero-order valence-electron chi connectivity index (χ0n) is 20.5. The first kappa shape index (κ1) is 23.4. The molecule has 2 saturated carbocycles. The predicted octanol–water partition coefficient (Wildman–Crippen LogP) is 3.19. The molecule has 0 radical (unpaired) electrons. The van der Waals surface area contributed by atoms with Gasteiger partial charge in [-0.2, -0.15) is 0 Å². The van der Waals surface area contributed by atoms with Gasteiger partial charge in [-0.25, -0.2) is 18.1 Å². The van der Waals surface area contributed by atoms with Crippen molar-refractivity contribution in [2.45, 2.75) is 48.3 Å². The fourth-order valence-corrected chi connectivity index (χ4v) is 6.66. The van der Waals surface area contributed by atoms with Crippen molar-refractivity contribution in [3.63, 3.8) is 0 Å². The molecule has 2 aliphatic carbocycles. The first-order valence-corrected chi connectivity index (χ1v) is 14.2. The lowest BCUT2D eigenvalue weighted by Crippen LogP contribution is -2.46. The topological polar surface area (TPSA) is 95.5 Å². The first-order valence-electron chi connectivity index (χ1n) is 12.7. The molecule has 2 aromatic heterocycles. The van der Waals surface area contributed by atoms with E-state index in [1.165, 1.54) is 12.5 Å². The van der Waals surface area contributed by atoms with Crippen molar-refractivity contribution in [2.24, 2.45) is 0 Å². The number of carbonyl (C=O) groups is 1. The summed E-state index contributed by atoms with van der Waals surface area (Å²) in [5.74, 6) is 0.834. The summed E-state index contributed by atoms with van der Waals surface area (Å²) >= 11 is 0. The second kappa shape index (κ2) is 8.81. The molecule has 6 rings (SSSR count). The largest absolute Gasteiger partial charge is 0.354 e. The number of fused-ring (bicyclic) bond motifs is 1. The van der Waals surface area contributed by atoms with Gasteiger partial charge in [-0.15, -0.1) is 0 Å². The predicted molar refractivity (Wildman–Crippen MR) is 139 cm³/mol. The van der Waals surface area contributed by atoms with E-state index in [9.17, 15) is 13.2 Å². The highest BCUT2D eigenvalue weighted by Crippen LogP contribution is 2.52. The lowest BCUT2D eigenvalue weighted by atomic mass is 9.79. The van der Waals surface area contributed by atoms with Gasteiger partial charge in [0.2, 0.25) is 5.91 Å². The molecule has 188 valence electrons. The Labute approximate surface area is 211 Å². The summed E-state index contributed by atoms with van der Waals surface area (Å²) in [5, 5.41) is 0.497. The number of carbonyl (C=O) groups excluding carboxylic acids is 1. The number of nitrogens with zero attached hydrogens (tertiary/aromatic N) is 4. The highest BCUT2D eigenvalue weighted by molar-refractivity contribution is 7.90. The van der Waals surface area contributed by atoms with Crippen LogP contribution in [0.5, 0.6) is 0 Å². The molecule has 1 aromatic carbocycles. The molecule has 0 unspecified atom stereocenters. The van der Waals surface area contributed by atoms with Crippen molar-refractivity contribution in [3.8, 4) is 0 Å². The van der Waals surface area contributed by atoms with Crippen molar-refractivity contribution in [3.05, 3.63) is 59.9 Å². The van der Waals surface area contributed by atoms with Crippen LogP contribution in [0.2, 0.25) is 0 Å². The number of nitrogens with one attached hydrogen (secondary N) is 1. The summed E-state index contributed by atoms with van der Waals surface area (Å²) < 4.78 is 29.3. The number of benzene rings is 1. The van der Waals surface area contributed by atoms with Crippen LogP contribution in [0.4, 0.5) is 5.82 Å². The van der Waals surface area contributed by atoms with E-state index < -0.39 is 21.3 Å².